The first-order valence-electron chi connectivity index (χ1n) is 8.53. The zero-order valence-electron chi connectivity index (χ0n) is 15.3. The Morgan fingerprint density at radius 1 is 1.27 bits per heavy atom. The number of aryl methyl sites for hydroxylation is 1. The van der Waals surface area contributed by atoms with Crippen LogP contribution in [0.4, 0.5) is 4.79 Å². The van der Waals surface area contributed by atoms with Crippen LogP contribution >= 0.6 is 0 Å². The number of nitrogens with one attached hydrogen (secondary N) is 1. The molecule has 1 aromatic heterocycles. The van der Waals surface area contributed by atoms with E-state index < -0.39 is 0 Å². The van der Waals surface area contributed by atoms with Crippen LogP contribution in [0.3, 0.4) is 0 Å². The Morgan fingerprint density at radius 3 is 2.69 bits per heavy atom. The fraction of sp³-hybridized carbons (Fsp3) is 0.444. The number of hydrogen-bond donors (Lipinski definition) is 1. The Balaban J connectivity index is 1.76. The molecule has 0 atom stereocenters. The van der Waals surface area contributed by atoms with Crippen molar-refractivity contribution >= 4 is 12.0 Å². The highest BCUT2D eigenvalue weighted by Gasteiger charge is 2.13. The molecule has 8 nitrogen and oxygen atoms in total. The predicted molar refractivity (Wildman–Crippen MR) is 95.5 cm³/mol. The van der Waals surface area contributed by atoms with Crippen LogP contribution in [0.5, 0.6) is 0 Å². The van der Waals surface area contributed by atoms with Crippen molar-refractivity contribution in [2.45, 2.75) is 26.7 Å². The standard InChI is InChI=1S/C18H24N4O4/c1-4-25-16(23)9-11-19-18(24)22(3)12-10-15-20-17(26-21-15)14-7-5-13(2)6-8-14/h5-8H,4,9-12H2,1-3H3,(H,19,24). The number of amides is 2. The van der Waals surface area contributed by atoms with Gasteiger partial charge in [0.2, 0.25) is 0 Å². The lowest BCUT2D eigenvalue weighted by Gasteiger charge is -2.16. The van der Waals surface area contributed by atoms with Crippen LogP contribution in [0.25, 0.3) is 11.5 Å². The molecule has 2 aromatic rings. The maximum Gasteiger partial charge on any atom is 0.317 e. The van der Waals surface area contributed by atoms with E-state index in [1.165, 1.54) is 4.90 Å². The van der Waals surface area contributed by atoms with E-state index >= 15 is 0 Å². The van der Waals surface area contributed by atoms with Gasteiger partial charge in [-0.25, -0.2) is 4.79 Å². The second kappa shape index (κ2) is 9.55. The Labute approximate surface area is 152 Å². The van der Waals surface area contributed by atoms with Crippen LogP contribution in [-0.4, -0.2) is 53.8 Å². The molecule has 0 aliphatic heterocycles. The molecule has 0 saturated heterocycles. The van der Waals surface area contributed by atoms with Crippen LogP contribution < -0.4 is 5.32 Å². The number of nitrogens with zero attached hydrogens (tertiary/aromatic N) is 3. The zero-order valence-corrected chi connectivity index (χ0v) is 15.3. The summed E-state index contributed by atoms with van der Waals surface area (Å²) in [4.78, 5) is 29.0. The Kier molecular flexibility index (Phi) is 7.13. The SMILES string of the molecule is CCOC(=O)CCNC(=O)N(C)CCc1noc(-c2ccc(C)cc2)n1. The molecule has 0 aliphatic rings. The molecule has 1 heterocycles. The lowest BCUT2D eigenvalue weighted by molar-refractivity contribution is -0.142. The highest BCUT2D eigenvalue weighted by molar-refractivity contribution is 5.75. The van der Waals surface area contributed by atoms with Crippen LogP contribution in [0.1, 0.15) is 24.7 Å². The maximum atomic E-state index is 12.0. The van der Waals surface area contributed by atoms with Crippen LogP contribution in [0.15, 0.2) is 28.8 Å². The van der Waals surface area contributed by atoms with Crippen molar-refractivity contribution in [3.05, 3.63) is 35.7 Å². The first kappa shape index (κ1) is 19.4. The van der Waals surface area contributed by atoms with Gasteiger partial charge in [-0.15, -0.1) is 0 Å². The summed E-state index contributed by atoms with van der Waals surface area (Å²) in [5.74, 6) is 0.666. The summed E-state index contributed by atoms with van der Waals surface area (Å²) in [5, 5.41) is 6.61. The number of carbonyl (C=O) groups excluding carboxylic acids is 2. The summed E-state index contributed by atoms with van der Waals surface area (Å²) in [6.07, 6.45) is 0.620. The summed E-state index contributed by atoms with van der Waals surface area (Å²) in [5.41, 5.74) is 2.02. The Morgan fingerprint density at radius 2 is 2.00 bits per heavy atom. The summed E-state index contributed by atoms with van der Waals surface area (Å²) in [6, 6.07) is 7.55. The third kappa shape index (κ3) is 5.87. The van der Waals surface area contributed by atoms with Crippen molar-refractivity contribution < 1.29 is 18.8 Å². The van der Waals surface area contributed by atoms with Gasteiger partial charge in [-0.05, 0) is 26.0 Å². The van der Waals surface area contributed by atoms with Crippen molar-refractivity contribution in [3.63, 3.8) is 0 Å². The van der Waals surface area contributed by atoms with Crippen LogP contribution in [0, 0.1) is 6.92 Å². The second-order valence-corrected chi connectivity index (χ2v) is 5.84. The maximum absolute atomic E-state index is 12.0. The van der Waals surface area contributed by atoms with Crippen molar-refractivity contribution in [3.8, 4) is 11.5 Å². The average Bonchev–Trinajstić information content (AvgIpc) is 3.09. The number of likely N-dealkylation sites (N-methyl/N-ethyl adjacent to an activating group) is 1. The quantitative estimate of drug-likeness (QED) is 0.725. The Bertz CT molecular complexity index is 727. The molecule has 1 N–H and O–H groups in total. The molecule has 0 spiro atoms. The number of carbonyl (C=O) groups is 2. The summed E-state index contributed by atoms with van der Waals surface area (Å²) in [7, 11) is 1.67. The molecule has 0 saturated carbocycles. The fourth-order valence-corrected chi connectivity index (χ4v) is 2.18. The van der Waals surface area contributed by atoms with Gasteiger partial charge >= 0.3 is 12.0 Å². The van der Waals surface area contributed by atoms with Gasteiger partial charge in [-0.2, -0.15) is 4.98 Å². The van der Waals surface area contributed by atoms with Crippen LogP contribution in [0.2, 0.25) is 0 Å². The minimum atomic E-state index is -0.328. The van der Waals surface area contributed by atoms with E-state index in [4.69, 9.17) is 9.26 Å². The van der Waals surface area contributed by atoms with Crippen molar-refractivity contribution in [2.75, 3.05) is 26.7 Å². The zero-order chi connectivity index (χ0) is 18.9. The van der Waals surface area contributed by atoms with E-state index in [0.29, 0.717) is 31.3 Å². The molecule has 2 rings (SSSR count). The lowest BCUT2D eigenvalue weighted by Crippen LogP contribution is -2.39. The number of esters is 1. The summed E-state index contributed by atoms with van der Waals surface area (Å²) < 4.78 is 10.1. The third-order valence-corrected chi connectivity index (χ3v) is 3.69. The molecule has 26 heavy (non-hydrogen) atoms. The molecule has 0 fully saturated rings. The number of aromatic nitrogens is 2. The topological polar surface area (TPSA) is 97.6 Å². The number of rotatable bonds is 8. The van der Waals surface area contributed by atoms with Gasteiger partial charge in [-0.3, -0.25) is 4.79 Å². The van der Waals surface area contributed by atoms with Gasteiger partial charge in [0.15, 0.2) is 5.82 Å². The van der Waals surface area contributed by atoms with E-state index in [1.54, 1.807) is 14.0 Å². The number of benzene rings is 1. The molecule has 0 bridgehead atoms. The van der Waals surface area contributed by atoms with Gasteiger partial charge in [0.1, 0.15) is 0 Å². The van der Waals surface area contributed by atoms with E-state index in [0.717, 1.165) is 11.1 Å². The van der Waals surface area contributed by atoms with Gasteiger partial charge in [0, 0.05) is 32.1 Å². The second-order valence-electron chi connectivity index (χ2n) is 5.84. The third-order valence-electron chi connectivity index (χ3n) is 3.69. The van der Waals surface area contributed by atoms with Crippen molar-refractivity contribution in [2.24, 2.45) is 0 Å². The predicted octanol–water partition coefficient (Wildman–Crippen LogP) is 2.18. The number of hydrogen-bond acceptors (Lipinski definition) is 6. The Hall–Kier alpha value is -2.90. The van der Waals surface area contributed by atoms with Gasteiger partial charge in [0.25, 0.3) is 5.89 Å². The van der Waals surface area contributed by atoms with Gasteiger partial charge in [0.05, 0.1) is 13.0 Å². The van der Waals surface area contributed by atoms with E-state index in [9.17, 15) is 9.59 Å². The normalized spacial score (nSPS) is 10.4. The minimum absolute atomic E-state index is 0.151. The monoisotopic (exact) mass is 360 g/mol. The number of urea groups is 1. The molecule has 2 amide bonds. The first-order valence-corrected chi connectivity index (χ1v) is 8.53. The summed E-state index contributed by atoms with van der Waals surface area (Å²) in [6.45, 7) is 4.75. The van der Waals surface area contributed by atoms with Gasteiger partial charge in [-0.1, -0.05) is 22.9 Å². The van der Waals surface area contributed by atoms with Crippen molar-refractivity contribution in [1.82, 2.24) is 20.4 Å². The van der Waals surface area contributed by atoms with Crippen LogP contribution in [-0.2, 0) is 16.0 Å². The van der Waals surface area contributed by atoms with Crippen molar-refractivity contribution in [1.29, 1.82) is 0 Å². The first-order chi connectivity index (χ1) is 12.5. The van der Waals surface area contributed by atoms with E-state index in [-0.39, 0.29) is 25.0 Å². The lowest BCUT2D eigenvalue weighted by atomic mass is 10.1. The highest BCUT2D eigenvalue weighted by atomic mass is 16.5. The average molecular weight is 360 g/mol. The highest BCUT2D eigenvalue weighted by Crippen LogP contribution is 2.17. The van der Waals surface area contributed by atoms with E-state index in [1.807, 2.05) is 31.2 Å². The molecule has 0 unspecified atom stereocenters. The molecule has 1 aromatic carbocycles. The smallest absolute Gasteiger partial charge is 0.317 e. The summed E-state index contributed by atoms with van der Waals surface area (Å²) >= 11 is 0. The molecular weight excluding hydrogens is 336 g/mol. The minimum Gasteiger partial charge on any atom is -0.466 e. The molecule has 0 radical (unpaired) electrons. The fourth-order valence-electron chi connectivity index (χ4n) is 2.18. The van der Waals surface area contributed by atoms with E-state index in [2.05, 4.69) is 15.5 Å². The molecule has 8 heteroatoms. The van der Waals surface area contributed by atoms with Gasteiger partial charge < -0.3 is 19.5 Å². The molecule has 0 aliphatic carbocycles. The molecule has 140 valence electrons. The number of ether oxygens (including phenoxy) is 1. The molecular formula is C18H24N4O4. The largest absolute Gasteiger partial charge is 0.466 e.